The van der Waals surface area contributed by atoms with Gasteiger partial charge in [0.05, 0.1) is 29.8 Å². The van der Waals surface area contributed by atoms with E-state index in [4.69, 9.17) is 11.6 Å². The van der Waals surface area contributed by atoms with Gasteiger partial charge in [-0.1, -0.05) is 43.6 Å². The van der Waals surface area contributed by atoms with E-state index in [-0.39, 0.29) is 43.7 Å². The first-order valence-corrected chi connectivity index (χ1v) is 14.5. The number of aromatic nitrogens is 2. The summed E-state index contributed by atoms with van der Waals surface area (Å²) in [6, 6.07) is 5.67. The van der Waals surface area contributed by atoms with E-state index in [9.17, 15) is 33.0 Å². The number of halogens is 4. The van der Waals surface area contributed by atoms with Gasteiger partial charge in [-0.15, -0.1) is 0 Å². The molecule has 2 N–H and O–H groups in total. The Hall–Kier alpha value is -2.59. The van der Waals surface area contributed by atoms with E-state index in [0.717, 1.165) is 10.9 Å². The van der Waals surface area contributed by atoms with E-state index < -0.39 is 46.4 Å². The number of benzene rings is 1. The number of aliphatic hydroxyl groups is 1. The van der Waals surface area contributed by atoms with Crippen molar-refractivity contribution in [1.29, 1.82) is 0 Å². The summed E-state index contributed by atoms with van der Waals surface area (Å²) in [5, 5.41) is 25.4. The Morgan fingerprint density at radius 3 is 2.24 bits per heavy atom. The molecule has 2 unspecified atom stereocenters. The number of rotatable bonds is 7. The predicted octanol–water partition coefficient (Wildman–Crippen LogP) is 6.55. The van der Waals surface area contributed by atoms with E-state index in [0.29, 0.717) is 35.3 Å². The Labute approximate surface area is 242 Å². The molecular weight excluding hydrogens is 559 g/mol. The minimum absolute atomic E-state index is 0.129. The molecule has 1 aromatic heterocycles. The van der Waals surface area contributed by atoms with E-state index in [1.54, 1.807) is 31.2 Å². The zero-order chi connectivity index (χ0) is 30.1. The van der Waals surface area contributed by atoms with Crippen LogP contribution < -0.4 is 0 Å². The molecule has 0 bridgehead atoms. The Kier molecular flexibility index (Phi) is 7.29. The maximum Gasteiger partial charge on any atom is 0.433 e. The Morgan fingerprint density at radius 1 is 1.12 bits per heavy atom. The monoisotopic (exact) mass is 595 g/mol. The second-order valence-electron chi connectivity index (χ2n) is 13.3. The average molecular weight is 596 g/mol. The minimum Gasteiger partial charge on any atom is -0.481 e. The van der Waals surface area contributed by atoms with Crippen LogP contribution in [-0.2, 0) is 16.6 Å². The van der Waals surface area contributed by atoms with Gasteiger partial charge in [-0.05, 0) is 75.7 Å². The van der Waals surface area contributed by atoms with Crippen molar-refractivity contribution in [2.45, 2.75) is 90.1 Å². The lowest BCUT2D eigenvalue weighted by molar-refractivity contribution is -0.152. The Morgan fingerprint density at radius 2 is 1.71 bits per heavy atom. The maximum atomic E-state index is 14.6. The molecule has 224 valence electrons. The molecule has 3 saturated carbocycles. The number of fused-ring (bicyclic) bond motifs is 1. The first kappa shape index (κ1) is 29.9. The molecule has 0 aliphatic heterocycles. The third kappa shape index (κ3) is 5.26. The highest BCUT2D eigenvalue weighted by molar-refractivity contribution is 6.31. The van der Waals surface area contributed by atoms with Gasteiger partial charge in [0, 0.05) is 16.6 Å². The summed E-state index contributed by atoms with van der Waals surface area (Å²) in [4.78, 5) is 27.2. The number of carbonyl (C=O) groups is 2. The summed E-state index contributed by atoms with van der Waals surface area (Å²) < 4.78 is 44.7. The van der Waals surface area contributed by atoms with Crippen molar-refractivity contribution in [2.75, 3.05) is 6.54 Å². The molecule has 0 saturated heterocycles. The average Bonchev–Trinajstić information content (AvgIpc) is 3.31. The van der Waals surface area contributed by atoms with Crippen LogP contribution in [0.15, 0.2) is 30.5 Å². The molecule has 11 heteroatoms. The van der Waals surface area contributed by atoms with E-state index in [1.807, 2.05) is 0 Å². The highest BCUT2D eigenvalue weighted by Crippen LogP contribution is 2.67. The summed E-state index contributed by atoms with van der Waals surface area (Å²) in [6.07, 6.45) is -1.78. The topological polar surface area (TPSA) is 95.7 Å². The van der Waals surface area contributed by atoms with Crippen LogP contribution in [-0.4, -0.2) is 49.4 Å². The third-order valence-electron chi connectivity index (χ3n) is 10.2. The predicted molar refractivity (Wildman–Crippen MR) is 146 cm³/mol. The van der Waals surface area contributed by atoms with Gasteiger partial charge in [0.25, 0.3) is 5.91 Å². The molecule has 1 aromatic carbocycles. The summed E-state index contributed by atoms with van der Waals surface area (Å²) >= 11 is 6.37. The largest absolute Gasteiger partial charge is 0.481 e. The lowest BCUT2D eigenvalue weighted by atomic mass is 9.74. The van der Waals surface area contributed by atoms with Crippen LogP contribution in [0.5, 0.6) is 0 Å². The van der Waals surface area contributed by atoms with Crippen LogP contribution in [0, 0.1) is 22.7 Å². The number of carboxylic acids is 1. The van der Waals surface area contributed by atoms with Gasteiger partial charge < -0.3 is 15.1 Å². The van der Waals surface area contributed by atoms with Gasteiger partial charge in [-0.25, -0.2) is 0 Å². The van der Waals surface area contributed by atoms with Crippen molar-refractivity contribution in [2.24, 2.45) is 22.7 Å². The second-order valence-corrected chi connectivity index (χ2v) is 13.7. The number of amides is 1. The van der Waals surface area contributed by atoms with E-state index in [2.05, 4.69) is 18.9 Å². The van der Waals surface area contributed by atoms with Crippen LogP contribution >= 0.6 is 11.6 Å². The summed E-state index contributed by atoms with van der Waals surface area (Å²) in [5.41, 5.74) is -3.78. The Balaban J connectivity index is 1.49. The van der Waals surface area contributed by atoms with E-state index >= 15 is 0 Å². The van der Waals surface area contributed by atoms with Crippen LogP contribution in [0.25, 0.3) is 0 Å². The lowest BCUT2D eigenvalue weighted by Gasteiger charge is -2.38. The minimum atomic E-state index is -4.87. The molecule has 5 rings (SSSR count). The van der Waals surface area contributed by atoms with Crippen molar-refractivity contribution in [3.63, 3.8) is 0 Å². The normalized spacial score (nSPS) is 30.4. The number of aliphatic carboxylic acids is 1. The van der Waals surface area contributed by atoms with Crippen molar-refractivity contribution in [3.8, 4) is 0 Å². The molecule has 0 radical (unpaired) electrons. The van der Waals surface area contributed by atoms with Crippen LogP contribution in [0.3, 0.4) is 0 Å². The molecule has 1 heterocycles. The quantitative estimate of drug-likeness (QED) is 0.379. The molecule has 3 fully saturated rings. The fourth-order valence-electron chi connectivity index (χ4n) is 7.34. The van der Waals surface area contributed by atoms with Crippen molar-refractivity contribution in [1.82, 2.24) is 14.7 Å². The molecule has 41 heavy (non-hydrogen) atoms. The van der Waals surface area contributed by atoms with Gasteiger partial charge in [0.1, 0.15) is 5.60 Å². The van der Waals surface area contributed by atoms with Gasteiger partial charge in [0.2, 0.25) is 0 Å². The third-order valence-corrected chi connectivity index (χ3v) is 10.5. The number of nitrogens with zero attached hydrogens (tertiary/aromatic N) is 3. The smallest absolute Gasteiger partial charge is 0.433 e. The van der Waals surface area contributed by atoms with Crippen molar-refractivity contribution in [3.05, 3.63) is 52.3 Å². The SMILES string of the molecule is CC1(C(=O)O)CCC(n2ncc(C(=O)N(CC(C)(O)c3ccccc3Cl)C3C[C@@H]4[C@H](C3)C4(C)C)c2C(F)(F)F)CC1. The molecule has 0 spiro atoms. The van der Waals surface area contributed by atoms with Gasteiger partial charge >= 0.3 is 12.1 Å². The second kappa shape index (κ2) is 10.0. The Bertz CT molecular complexity index is 1330. The molecule has 1 amide bonds. The van der Waals surface area contributed by atoms with Crippen molar-refractivity contribution < 1.29 is 33.0 Å². The van der Waals surface area contributed by atoms with Gasteiger partial charge in [-0.2, -0.15) is 18.3 Å². The first-order chi connectivity index (χ1) is 19.0. The fraction of sp³-hybridized carbons (Fsp3) is 0.633. The zero-order valence-electron chi connectivity index (χ0n) is 23.7. The number of carboxylic acid groups (broad SMARTS) is 1. The van der Waals surface area contributed by atoms with Gasteiger partial charge in [0.15, 0.2) is 5.69 Å². The molecule has 2 aromatic rings. The van der Waals surface area contributed by atoms with Crippen LogP contribution in [0.1, 0.15) is 93.9 Å². The van der Waals surface area contributed by atoms with E-state index in [1.165, 1.54) is 11.8 Å². The summed E-state index contributed by atoms with van der Waals surface area (Å²) in [5.74, 6) is -1.07. The molecule has 4 atom stereocenters. The highest BCUT2D eigenvalue weighted by Gasteiger charge is 2.63. The highest BCUT2D eigenvalue weighted by atomic mass is 35.5. The summed E-state index contributed by atoms with van der Waals surface area (Å²) in [6.45, 7) is 7.21. The standard InChI is InChI=1S/C30H37ClF3N3O4/c1-27(2)21-13-18(14-22(21)27)36(16-29(4,41)20-7-5-6-8-23(20)31)25(38)19-15-35-37(24(19)30(32,33)34)17-9-11-28(3,12-10-17)26(39)40/h5-8,15,17-18,21-22,41H,9-14,16H2,1-4H3,(H,39,40)/t17?,18?,21-,22+,28?,29?. The first-order valence-electron chi connectivity index (χ1n) is 14.1. The van der Waals surface area contributed by atoms with Crippen molar-refractivity contribution >= 4 is 23.5 Å². The number of hydrogen-bond acceptors (Lipinski definition) is 4. The number of alkyl halides is 3. The fourth-order valence-corrected chi connectivity index (χ4v) is 7.68. The summed E-state index contributed by atoms with van der Waals surface area (Å²) in [7, 11) is 0. The zero-order valence-corrected chi connectivity index (χ0v) is 24.5. The van der Waals surface area contributed by atoms with Gasteiger partial charge in [-0.3, -0.25) is 14.3 Å². The van der Waals surface area contributed by atoms with Crippen LogP contribution in [0.2, 0.25) is 5.02 Å². The van der Waals surface area contributed by atoms with Crippen LogP contribution in [0.4, 0.5) is 13.2 Å². The lowest BCUT2D eigenvalue weighted by Crippen LogP contribution is -2.48. The molecule has 3 aliphatic rings. The number of hydrogen-bond donors (Lipinski definition) is 2. The number of carbonyl (C=O) groups excluding carboxylic acids is 1. The maximum absolute atomic E-state index is 14.6. The molecule has 7 nitrogen and oxygen atoms in total. The molecule has 3 aliphatic carbocycles. The molecular formula is C30H37ClF3N3O4.